The monoisotopic (exact) mass is 350 g/mol. The summed E-state index contributed by atoms with van der Waals surface area (Å²) in [6, 6.07) is 14.3. The van der Waals surface area contributed by atoms with Crippen molar-refractivity contribution in [1.29, 1.82) is 0 Å². The second kappa shape index (κ2) is 7.17. The molecule has 0 saturated carbocycles. The summed E-state index contributed by atoms with van der Waals surface area (Å²) < 4.78 is 13.1. The molecule has 0 bridgehead atoms. The molecule has 4 rings (SSSR count). The molecule has 6 heteroatoms. The first kappa shape index (κ1) is 16.6. The third-order valence-corrected chi connectivity index (χ3v) is 4.31. The van der Waals surface area contributed by atoms with Gasteiger partial charge in [-0.1, -0.05) is 29.5 Å². The molecule has 2 heterocycles. The number of aromatic nitrogens is 3. The van der Waals surface area contributed by atoms with Gasteiger partial charge in [-0.15, -0.1) is 5.10 Å². The SMILES string of the molecule is CN(C)Cc1ccccc1Cn1cc(-c2ccc3c(c2)OCCO3)nn1. The normalized spacial score (nSPS) is 13.2. The molecule has 0 amide bonds. The maximum Gasteiger partial charge on any atom is 0.162 e. The molecule has 0 fully saturated rings. The van der Waals surface area contributed by atoms with Gasteiger partial charge in [-0.3, -0.25) is 0 Å². The molecule has 0 atom stereocenters. The van der Waals surface area contributed by atoms with Crippen molar-refractivity contribution in [2.75, 3.05) is 27.3 Å². The van der Waals surface area contributed by atoms with Crippen LogP contribution in [-0.4, -0.2) is 47.2 Å². The Morgan fingerprint density at radius 2 is 1.77 bits per heavy atom. The highest BCUT2D eigenvalue weighted by molar-refractivity contribution is 5.63. The molecule has 1 aliphatic heterocycles. The molecule has 1 aromatic heterocycles. The van der Waals surface area contributed by atoms with Gasteiger partial charge in [0.05, 0.1) is 12.7 Å². The van der Waals surface area contributed by atoms with Gasteiger partial charge in [-0.05, 0) is 43.4 Å². The van der Waals surface area contributed by atoms with Crippen molar-refractivity contribution >= 4 is 0 Å². The highest BCUT2D eigenvalue weighted by atomic mass is 16.6. The third kappa shape index (κ3) is 3.55. The Bertz CT molecular complexity index is 904. The van der Waals surface area contributed by atoms with E-state index in [2.05, 4.69) is 53.6 Å². The first-order chi connectivity index (χ1) is 12.7. The number of nitrogens with zero attached hydrogens (tertiary/aromatic N) is 4. The third-order valence-electron chi connectivity index (χ3n) is 4.31. The highest BCUT2D eigenvalue weighted by Crippen LogP contribution is 2.33. The van der Waals surface area contributed by atoms with Gasteiger partial charge in [-0.2, -0.15) is 0 Å². The van der Waals surface area contributed by atoms with E-state index in [-0.39, 0.29) is 0 Å². The van der Waals surface area contributed by atoms with E-state index in [9.17, 15) is 0 Å². The fourth-order valence-electron chi connectivity index (χ4n) is 3.09. The zero-order chi connectivity index (χ0) is 17.9. The molecular formula is C20H22N4O2. The van der Waals surface area contributed by atoms with E-state index in [0.29, 0.717) is 19.8 Å². The lowest BCUT2D eigenvalue weighted by Gasteiger charge is -2.18. The van der Waals surface area contributed by atoms with E-state index in [4.69, 9.17) is 9.47 Å². The quantitative estimate of drug-likeness (QED) is 0.708. The summed E-state index contributed by atoms with van der Waals surface area (Å²) in [5.74, 6) is 1.55. The van der Waals surface area contributed by atoms with Gasteiger partial charge >= 0.3 is 0 Å². The minimum absolute atomic E-state index is 0.575. The van der Waals surface area contributed by atoms with Gasteiger partial charge in [0, 0.05) is 12.1 Å². The van der Waals surface area contributed by atoms with E-state index in [0.717, 1.165) is 29.3 Å². The van der Waals surface area contributed by atoms with Gasteiger partial charge in [0.1, 0.15) is 18.9 Å². The largest absolute Gasteiger partial charge is 0.486 e. The van der Waals surface area contributed by atoms with E-state index < -0.39 is 0 Å². The van der Waals surface area contributed by atoms with E-state index in [1.807, 2.05) is 29.1 Å². The Hall–Kier alpha value is -2.86. The van der Waals surface area contributed by atoms with Crippen molar-refractivity contribution in [1.82, 2.24) is 19.9 Å². The van der Waals surface area contributed by atoms with Crippen LogP contribution in [0, 0.1) is 0 Å². The van der Waals surface area contributed by atoms with Crippen LogP contribution in [0.4, 0.5) is 0 Å². The van der Waals surface area contributed by atoms with E-state index in [1.165, 1.54) is 11.1 Å². The number of fused-ring (bicyclic) bond motifs is 1. The van der Waals surface area contributed by atoms with Crippen LogP contribution in [0.15, 0.2) is 48.7 Å². The molecule has 6 nitrogen and oxygen atoms in total. The second-order valence-electron chi connectivity index (χ2n) is 6.67. The van der Waals surface area contributed by atoms with Gasteiger partial charge < -0.3 is 14.4 Å². The summed E-state index contributed by atoms with van der Waals surface area (Å²) in [7, 11) is 4.15. The molecule has 26 heavy (non-hydrogen) atoms. The van der Waals surface area contributed by atoms with Crippen LogP contribution in [-0.2, 0) is 13.1 Å². The molecule has 0 N–H and O–H groups in total. The Balaban J connectivity index is 1.56. The highest BCUT2D eigenvalue weighted by Gasteiger charge is 2.14. The van der Waals surface area contributed by atoms with Crippen LogP contribution in [0.5, 0.6) is 11.5 Å². The van der Waals surface area contributed by atoms with Crippen molar-refractivity contribution in [3.8, 4) is 22.8 Å². The average Bonchev–Trinajstić information content (AvgIpc) is 3.11. The van der Waals surface area contributed by atoms with Crippen LogP contribution in [0.25, 0.3) is 11.3 Å². The molecule has 0 saturated heterocycles. The topological polar surface area (TPSA) is 52.4 Å². The Morgan fingerprint density at radius 1 is 1.00 bits per heavy atom. The Kier molecular flexibility index (Phi) is 4.58. The predicted octanol–water partition coefficient (Wildman–Crippen LogP) is 2.83. The van der Waals surface area contributed by atoms with Crippen LogP contribution < -0.4 is 9.47 Å². The van der Waals surface area contributed by atoms with E-state index in [1.54, 1.807) is 0 Å². The lowest BCUT2D eigenvalue weighted by molar-refractivity contribution is 0.171. The molecule has 134 valence electrons. The molecule has 1 aliphatic rings. The first-order valence-electron chi connectivity index (χ1n) is 8.71. The summed E-state index contributed by atoms with van der Waals surface area (Å²) in [4.78, 5) is 2.17. The fourth-order valence-corrected chi connectivity index (χ4v) is 3.09. The smallest absolute Gasteiger partial charge is 0.162 e. The minimum atomic E-state index is 0.575. The first-order valence-corrected chi connectivity index (χ1v) is 8.71. The molecule has 0 unspecified atom stereocenters. The second-order valence-corrected chi connectivity index (χ2v) is 6.67. The minimum Gasteiger partial charge on any atom is -0.486 e. The molecule has 3 aromatic rings. The van der Waals surface area contributed by atoms with Crippen LogP contribution >= 0.6 is 0 Å². The Labute approximate surface area is 153 Å². The lowest BCUT2D eigenvalue weighted by Crippen LogP contribution is -2.15. The van der Waals surface area contributed by atoms with Crippen molar-refractivity contribution in [2.45, 2.75) is 13.1 Å². The van der Waals surface area contributed by atoms with Crippen LogP contribution in [0.3, 0.4) is 0 Å². The molecule has 0 aliphatic carbocycles. The molecule has 2 aromatic carbocycles. The van der Waals surface area contributed by atoms with Crippen molar-refractivity contribution in [3.05, 3.63) is 59.8 Å². The van der Waals surface area contributed by atoms with Crippen molar-refractivity contribution in [2.24, 2.45) is 0 Å². The zero-order valence-corrected chi connectivity index (χ0v) is 15.1. The summed E-state index contributed by atoms with van der Waals surface area (Å²) in [6.07, 6.45) is 1.97. The van der Waals surface area contributed by atoms with Gasteiger partial charge in [0.15, 0.2) is 11.5 Å². The molecule has 0 spiro atoms. The van der Waals surface area contributed by atoms with Crippen LogP contribution in [0.1, 0.15) is 11.1 Å². The molecule has 0 radical (unpaired) electrons. The van der Waals surface area contributed by atoms with Crippen molar-refractivity contribution in [3.63, 3.8) is 0 Å². The van der Waals surface area contributed by atoms with Gasteiger partial charge in [-0.25, -0.2) is 4.68 Å². The zero-order valence-electron chi connectivity index (χ0n) is 15.1. The fraction of sp³-hybridized carbons (Fsp3) is 0.300. The summed E-state index contributed by atoms with van der Waals surface area (Å²) >= 11 is 0. The maximum atomic E-state index is 5.66. The number of hydrogen-bond donors (Lipinski definition) is 0. The average molecular weight is 350 g/mol. The number of ether oxygens (including phenoxy) is 2. The lowest BCUT2D eigenvalue weighted by atomic mass is 10.1. The number of rotatable bonds is 5. The van der Waals surface area contributed by atoms with Crippen molar-refractivity contribution < 1.29 is 9.47 Å². The Morgan fingerprint density at radius 3 is 2.58 bits per heavy atom. The summed E-state index contributed by atoms with van der Waals surface area (Å²) in [5, 5.41) is 8.63. The summed E-state index contributed by atoms with van der Waals surface area (Å²) in [5.41, 5.74) is 4.35. The number of hydrogen-bond acceptors (Lipinski definition) is 5. The van der Waals surface area contributed by atoms with E-state index >= 15 is 0 Å². The maximum absolute atomic E-state index is 5.66. The predicted molar refractivity (Wildman–Crippen MR) is 99.4 cm³/mol. The van der Waals surface area contributed by atoms with Crippen LogP contribution in [0.2, 0.25) is 0 Å². The summed E-state index contributed by atoms with van der Waals surface area (Å²) in [6.45, 7) is 2.77. The van der Waals surface area contributed by atoms with Gasteiger partial charge in [0.2, 0.25) is 0 Å². The number of benzene rings is 2. The standard InChI is InChI=1S/C20H22N4O2/c1-23(2)12-16-5-3-4-6-17(16)13-24-14-18(21-22-24)15-7-8-19-20(11-15)26-10-9-25-19/h3-8,11,14H,9-10,12-13H2,1-2H3. The van der Waals surface area contributed by atoms with Gasteiger partial charge in [0.25, 0.3) is 0 Å². The molecular weight excluding hydrogens is 328 g/mol.